The van der Waals surface area contributed by atoms with E-state index in [9.17, 15) is 9.59 Å². The number of carbonyl (C=O) groups is 2. The van der Waals surface area contributed by atoms with E-state index in [1.54, 1.807) is 7.11 Å². The Bertz CT molecular complexity index is 936. The molecular formula is C26H33NO4. The van der Waals surface area contributed by atoms with Crippen molar-refractivity contribution in [2.24, 2.45) is 16.3 Å². The molecule has 1 unspecified atom stereocenters. The third kappa shape index (κ3) is 4.32. The average molecular weight is 424 g/mol. The monoisotopic (exact) mass is 423 g/mol. The maximum Gasteiger partial charge on any atom is 0.315 e. The molecule has 1 aliphatic heterocycles. The molecule has 0 radical (unpaired) electrons. The van der Waals surface area contributed by atoms with Crippen LogP contribution in [0.15, 0.2) is 40.5 Å². The van der Waals surface area contributed by atoms with Crippen molar-refractivity contribution < 1.29 is 19.1 Å². The van der Waals surface area contributed by atoms with E-state index in [1.165, 1.54) is 6.42 Å². The summed E-state index contributed by atoms with van der Waals surface area (Å²) in [5.74, 6) is -0.547. The van der Waals surface area contributed by atoms with Crippen LogP contribution >= 0.6 is 0 Å². The lowest BCUT2D eigenvalue weighted by Crippen LogP contribution is -2.40. The molecular weight excluding hydrogens is 390 g/mol. The summed E-state index contributed by atoms with van der Waals surface area (Å²) in [5, 5.41) is 0. The number of hydrogen-bond acceptors (Lipinski definition) is 5. The molecule has 2 atom stereocenters. The van der Waals surface area contributed by atoms with Crippen LogP contribution in [0.2, 0.25) is 0 Å². The number of ketones is 1. The number of nitrogens with zero attached hydrogens (tertiary/aromatic N) is 1. The number of benzene rings is 1. The summed E-state index contributed by atoms with van der Waals surface area (Å²) < 4.78 is 11.6. The summed E-state index contributed by atoms with van der Waals surface area (Å²) in [7, 11) is 1.62. The molecule has 5 nitrogen and oxygen atoms in total. The molecule has 1 fully saturated rings. The fourth-order valence-corrected chi connectivity index (χ4v) is 5.43. The van der Waals surface area contributed by atoms with E-state index in [0.717, 1.165) is 49.1 Å². The second-order valence-electron chi connectivity index (χ2n) is 9.95. The maximum atomic E-state index is 13.5. The van der Waals surface area contributed by atoms with Crippen molar-refractivity contribution in [2.45, 2.75) is 77.7 Å². The third-order valence-electron chi connectivity index (χ3n) is 6.87. The van der Waals surface area contributed by atoms with Crippen LogP contribution < -0.4 is 4.74 Å². The molecule has 1 aromatic carbocycles. The van der Waals surface area contributed by atoms with Gasteiger partial charge in [0.1, 0.15) is 17.8 Å². The molecule has 166 valence electrons. The Morgan fingerprint density at radius 3 is 2.52 bits per heavy atom. The highest BCUT2D eigenvalue weighted by Gasteiger charge is 2.47. The number of ether oxygens (including phenoxy) is 2. The lowest BCUT2D eigenvalue weighted by Gasteiger charge is -2.39. The lowest BCUT2D eigenvalue weighted by molar-refractivity contribution is -0.153. The van der Waals surface area contributed by atoms with Gasteiger partial charge in [-0.1, -0.05) is 38.5 Å². The van der Waals surface area contributed by atoms with Crippen LogP contribution in [0.4, 0.5) is 0 Å². The Labute approximate surface area is 184 Å². The molecule has 3 aliphatic rings. The summed E-state index contributed by atoms with van der Waals surface area (Å²) in [5.41, 5.74) is 2.92. The van der Waals surface area contributed by atoms with Gasteiger partial charge in [-0.05, 0) is 50.5 Å². The zero-order chi connectivity index (χ0) is 22.2. The molecule has 0 N–H and O–H groups in total. The number of Topliss-reactive ketones (excluding diaryl/α,β-unsaturated/α-hetero) is 1. The number of esters is 1. The Kier molecular flexibility index (Phi) is 6.05. The molecule has 0 aromatic heterocycles. The highest BCUT2D eigenvalue weighted by atomic mass is 16.5. The lowest BCUT2D eigenvalue weighted by atomic mass is 9.66. The summed E-state index contributed by atoms with van der Waals surface area (Å²) in [6.45, 7) is 6.09. The first-order valence-corrected chi connectivity index (χ1v) is 11.5. The average Bonchev–Trinajstić information content (AvgIpc) is 2.72. The molecule has 1 saturated carbocycles. The Hall–Kier alpha value is -2.43. The number of carbonyl (C=O) groups excluding carboxylic acids is 2. The quantitative estimate of drug-likeness (QED) is 0.609. The molecule has 2 aliphatic carbocycles. The van der Waals surface area contributed by atoms with Crippen LogP contribution in [0.5, 0.6) is 5.75 Å². The molecule has 0 saturated heterocycles. The molecule has 5 heteroatoms. The van der Waals surface area contributed by atoms with Gasteiger partial charge in [0.15, 0.2) is 5.78 Å². The van der Waals surface area contributed by atoms with Crippen molar-refractivity contribution in [1.29, 1.82) is 0 Å². The Morgan fingerprint density at radius 1 is 1.10 bits per heavy atom. The smallest absolute Gasteiger partial charge is 0.315 e. The van der Waals surface area contributed by atoms with Gasteiger partial charge in [0.2, 0.25) is 0 Å². The second-order valence-corrected chi connectivity index (χ2v) is 9.95. The van der Waals surface area contributed by atoms with Crippen molar-refractivity contribution in [3.63, 3.8) is 0 Å². The van der Waals surface area contributed by atoms with Crippen molar-refractivity contribution in [2.75, 3.05) is 7.11 Å². The minimum atomic E-state index is -0.609. The van der Waals surface area contributed by atoms with Gasteiger partial charge in [-0.3, -0.25) is 14.6 Å². The first-order chi connectivity index (χ1) is 14.8. The first-order valence-electron chi connectivity index (χ1n) is 11.5. The number of hydrogen-bond donors (Lipinski definition) is 0. The molecule has 1 aromatic rings. The summed E-state index contributed by atoms with van der Waals surface area (Å²) in [4.78, 5) is 31.7. The summed E-state index contributed by atoms with van der Waals surface area (Å²) in [6.07, 6.45) is 6.34. The molecule has 4 rings (SSSR count). The SMILES string of the molecule is COc1ccccc1[C@@H]1C2=C(CC(C)(C)CC2=O)N=C(C)C1C(=O)OC1CCCCC1. The second kappa shape index (κ2) is 8.60. The first kappa shape index (κ1) is 21.8. The Morgan fingerprint density at radius 2 is 1.81 bits per heavy atom. The summed E-state index contributed by atoms with van der Waals surface area (Å²) in [6, 6.07) is 7.68. The number of allylic oxidation sites excluding steroid dienone is 2. The number of para-hydroxylation sites is 1. The van der Waals surface area contributed by atoms with E-state index in [0.29, 0.717) is 17.7 Å². The van der Waals surface area contributed by atoms with Gasteiger partial charge in [-0.15, -0.1) is 0 Å². The fourth-order valence-electron chi connectivity index (χ4n) is 5.43. The van der Waals surface area contributed by atoms with E-state index in [1.807, 2.05) is 31.2 Å². The van der Waals surface area contributed by atoms with Gasteiger partial charge in [0.25, 0.3) is 0 Å². The molecule has 0 bridgehead atoms. The van der Waals surface area contributed by atoms with Crippen LogP contribution in [-0.2, 0) is 14.3 Å². The summed E-state index contributed by atoms with van der Waals surface area (Å²) >= 11 is 0. The van der Waals surface area contributed by atoms with Crippen molar-refractivity contribution >= 4 is 17.5 Å². The van der Waals surface area contributed by atoms with Crippen molar-refractivity contribution in [3.8, 4) is 5.75 Å². The van der Waals surface area contributed by atoms with Gasteiger partial charge in [-0.2, -0.15) is 0 Å². The fraction of sp³-hybridized carbons (Fsp3) is 0.577. The normalized spacial score (nSPS) is 26.2. The van der Waals surface area contributed by atoms with E-state index in [2.05, 4.69) is 13.8 Å². The van der Waals surface area contributed by atoms with Crippen molar-refractivity contribution in [3.05, 3.63) is 41.1 Å². The standard InChI is InChI=1S/C26H33NO4/c1-16-22(25(29)31-17-10-6-5-7-11-17)23(18-12-8-9-13-21(18)30-4)24-19(27-16)14-26(2,3)15-20(24)28/h8-9,12-13,17,22-23H,5-7,10-11,14-15H2,1-4H3/t22?,23-/m0/s1. The van der Waals surface area contributed by atoms with Crippen LogP contribution in [0.1, 0.15) is 77.2 Å². The number of methoxy groups -OCH3 is 1. The predicted molar refractivity (Wildman–Crippen MR) is 120 cm³/mol. The minimum absolute atomic E-state index is 0.0382. The van der Waals surface area contributed by atoms with Crippen LogP contribution in [-0.4, -0.2) is 30.7 Å². The zero-order valence-electron chi connectivity index (χ0n) is 19.1. The predicted octanol–water partition coefficient (Wildman–Crippen LogP) is 5.39. The van der Waals surface area contributed by atoms with Crippen LogP contribution in [0.25, 0.3) is 0 Å². The van der Waals surface area contributed by atoms with Crippen molar-refractivity contribution in [1.82, 2.24) is 0 Å². The van der Waals surface area contributed by atoms with Gasteiger partial charge >= 0.3 is 5.97 Å². The van der Waals surface area contributed by atoms with E-state index in [-0.39, 0.29) is 23.3 Å². The van der Waals surface area contributed by atoms with E-state index >= 15 is 0 Å². The van der Waals surface area contributed by atoms with E-state index in [4.69, 9.17) is 14.5 Å². The highest BCUT2D eigenvalue weighted by Crippen LogP contribution is 2.49. The van der Waals surface area contributed by atoms with Gasteiger partial charge < -0.3 is 9.47 Å². The largest absolute Gasteiger partial charge is 0.496 e. The van der Waals surface area contributed by atoms with Crippen LogP contribution in [0.3, 0.4) is 0 Å². The Balaban J connectivity index is 1.78. The van der Waals surface area contributed by atoms with E-state index < -0.39 is 11.8 Å². The number of rotatable bonds is 4. The van der Waals surface area contributed by atoms with Crippen LogP contribution in [0, 0.1) is 11.3 Å². The van der Waals surface area contributed by atoms with Gasteiger partial charge in [-0.25, -0.2) is 0 Å². The third-order valence-corrected chi connectivity index (χ3v) is 6.87. The zero-order valence-corrected chi connectivity index (χ0v) is 19.1. The minimum Gasteiger partial charge on any atom is -0.496 e. The molecule has 1 heterocycles. The highest BCUT2D eigenvalue weighted by molar-refractivity contribution is 6.09. The molecule has 0 amide bonds. The number of aliphatic imine (C=N–C) groups is 1. The molecule has 0 spiro atoms. The van der Waals surface area contributed by atoms with Gasteiger partial charge in [0.05, 0.1) is 7.11 Å². The topological polar surface area (TPSA) is 65.0 Å². The maximum absolute atomic E-state index is 13.5. The molecule has 31 heavy (non-hydrogen) atoms. The van der Waals surface area contributed by atoms with Gasteiger partial charge in [0, 0.05) is 34.9 Å².